The van der Waals surface area contributed by atoms with Crippen LogP contribution >= 0.6 is 0 Å². The molecule has 2 aromatic rings. The molecule has 0 atom stereocenters. The Labute approximate surface area is 155 Å². The van der Waals surface area contributed by atoms with Crippen LogP contribution < -0.4 is 10.6 Å². The van der Waals surface area contributed by atoms with Crippen molar-refractivity contribution in [3.63, 3.8) is 0 Å². The Morgan fingerprint density at radius 1 is 0.926 bits per heavy atom. The van der Waals surface area contributed by atoms with E-state index in [0.29, 0.717) is 6.54 Å². The van der Waals surface area contributed by atoms with E-state index in [1.54, 1.807) is 0 Å². The minimum atomic E-state index is -4.69. The minimum Gasteiger partial charge on any atom is -0.352 e. The number of amides is 2. The van der Waals surface area contributed by atoms with Gasteiger partial charge in [-0.1, -0.05) is 30.3 Å². The highest BCUT2D eigenvalue weighted by Gasteiger charge is 2.26. The van der Waals surface area contributed by atoms with Gasteiger partial charge >= 0.3 is 5.76 Å². The van der Waals surface area contributed by atoms with E-state index in [1.165, 1.54) is 0 Å². The number of hydrogen-bond acceptors (Lipinski definition) is 4. The van der Waals surface area contributed by atoms with Crippen molar-refractivity contribution >= 4 is 21.7 Å². The van der Waals surface area contributed by atoms with Gasteiger partial charge in [0.2, 0.25) is 15.7 Å². The van der Waals surface area contributed by atoms with Crippen molar-refractivity contribution in [1.82, 2.24) is 10.6 Å². The molecule has 2 rings (SSSR count). The van der Waals surface area contributed by atoms with Gasteiger partial charge in [0.05, 0.1) is 4.90 Å². The molecule has 0 fully saturated rings. The lowest BCUT2D eigenvalue weighted by Crippen LogP contribution is -2.30. The first-order chi connectivity index (χ1) is 12.8. The second-order valence-electron chi connectivity index (χ2n) is 5.60. The average Bonchev–Trinajstić information content (AvgIpc) is 2.67. The third-order valence-corrected chi connectivity index (χ3v) is 5.05. The van der Waals surface area contributed by atoms with Crippen molar-refractivity contribution < 1.29 is 26.8 Å². The molecule has 0 aliphatic rings. The molecule has 0 spiro atoms. The van der Waals surface area contributed by atoms with Gasteiger partial charge in [-0.05, 0) is 29.8 Å². The fourth-order valence-corrected chi connectivity index (χ4v) is 2.90. The molecule has 6 nitrogen and oxygen atoms in total. The number of carbonyl (C=O) groups excluding carboxylic acids is 2. The normalized spacial score (nSPS) is 11.2. The topological polar surface area (TPSA) is 92.3 Å². The Morgan fingerprint density at radius 2 is 1.56 bits per heavy atom. The summed E-state index contributed by atoms with van der Waals surface area (Å²) >= 11 is 0. The molecule has 27 heavy (non-hydrogen) atoms. The number of benzene rings is 2. The molecule has 0 bridgehead atoms. The Bertz CT molecular complexity index is 885. The zero-order valence-electron chi connectivity index (χ0n) is 14.2. The van der Waals surface area contributed by atoms with Crippen LogP contribution in [0.5, 0.6) is 0 Å². The SMILES string of the molecule is O=C(CCNC(=O)c1ccc(S(=O)(=O)C(F)F)cc1)NCc1ccccc1. The Kier molecular flexibility index (Phi) is 7.00. The summed E-state index contributed by atoms with van der Waals surface area (Å²) in [4.78, 5) is 23.2. The van der Waals surface area contributed by atoms with Crippen molar-refractivity contribution in [2.75, 3.05) is 6.54 Å². The van der Waals surface area contributed by atoms with Crippen LogP contribution in [-0.4, -0.2) is 32.5 Å². The lowest BCUT2D eigenvalue weighted by molar-refractivity contribution is -0.121. The molecule has 0 saturated carbocycles. The van der Waals surface area contributed by atoms with E-state index >= 15 is 0 Å². The smallest absolute Gasteiger partial charge is 0.341 e. The predicted octanol–water partition coefficient (Wildman–Crippen LogP) is 2.12. The van der Waals surface area contributed by atoms with Gasteiger partial charge in [-0.3, -0.25) is 9.59 Å². The van der Waals surface area contributed by atoms with Gasteiger partial charge in [0.1, 0.15) is 0 Å². The van der Waals surface area contributed by atoms with E-state index in [2.05, 4.69) is 10.6 Å². The molecule has 0 heterocycles. The van der Waals surface area contributed by atoms with Crippen molar-refractivity contribution in [3.05, 3.63) is 65.7 Å². The van der Waals surface area contributed by atoms with E-state index in [0.717, 1.165) is 29.8 Å². The van der Waals surface area contributed by atoms with Crippen LogP contribution in [0.3, 0.4) is 0 Å². The van der Waals surface area contributed by atoms with E-state index in [1.807, 2.05) is 30.3 Å². The van der Waals surface area contributed by atoms with Gasteiger partial charge in [0.25, 0.3) is 5.91 Å². The third kappa shape index (κ3) is 5.85. The number of nitrogens with one attached hydrogen (secondary N) is 2. The highest BCUT2D eigenvalue weighted by atomic mass is 32.2. The van der Waals surface area contributed by atoms with E-state index in [4.69, 9.17) is 0 Å². The molecule has 0 radical (unpaired) electrons. The maximum absolute atomic E-state index is 12.5. The van der Waals surface area contributed by atoms with Gasteiger partial charge in [-0.15, -0.1) is 0 Å². The molecular weight excluding hydrogens is 378 g/mol. The molecule has 0 unspecified atom stereocenters. The lowest BCUT2D eigenvalue weighted by Gasteiger charge is -2.08. The predicted molar refractivity (Wildman–Crippen MR) is 94.9 cm³/mol. The maximum atomic E-state index is 12.5. The number of carbonyl (C=O) groups is 2. The molecule has 0 aliphatic heterocycles. The summed E-state index contributed by atoms with van der Waals surface area (Å²) in [6.07, 6.45) is 0.0659. The summed E-state index contributed by atoms with van der Waals surface area (Å²) in [6, 6.07) is 13.5. The van der Waals surface area contributed by atoms with Gasteiger partial charge in [0, 0.05) is 25.1 Å². The number of alkyl halides is 2. The molecule has 2 amide bonds. The second-order valence-corrected chi connectivity index (χ2v) is 7.52. The van der Waals surface area contributed by atoms with Crippen LogP contribution in [-0.2, 0) is 21.2 Å². The zero-order chi connectivity index (χ0) is 19.9. The molecular formula is C18H18F2N2O4S. The molecule has 0 aliphatic carbocycles. The van der Waals surface area contributed by atoms with Crippen molar-refractivity contribution in [2.45, 2.75) is 23.6 Å². The monoisotopic (exact) mass is 396 g/mol. The highest BCUT2D eigenvalue weighted by Crippen LogP contribution is 2.18. The second kappa shape index (κ2) is 9.22. The summed E-state index contributed by atoms with van der Waals surface area (Å²) in [5.41, 5.74) is 1.06. The Balaban J connectivity index is 1.79. The molecule has 2 aromatic carbocycles. The fourth-order valence-electron chi connectivity index (χ4n) is 2.18. The van der Waals surface area contributed by atoms with Crippen LogP contribution in [0.1, 0.15) is 22.3 Å². The van der Waals surface area contributed by atoms with Gasteiger partial charge in [-0.25, -0.2) is 8.42 Å². The van der Waals surface area contributed by atoms with Crippen molar-refractivity contribution in [1.29, 1.82) is 0 Å². The van der Waals surface area contributed by atoms with E-state index < -0.39 is 26.4 Å². The van der Waals surface area contributed by atoms with E-state index in [-0.39, 0.29) is 24.4 Å². The first kappa shape index (κ1) is 20.5. The van der Waals surface area contributed by atoms with Gasteiger partial charge in [-0.2, -0.15) is 8.78 Å². The standard InChI is InChI=1S/C18H18F2N2O4S/c19-18(20)27(25,26)15-8-6-14(7-9-15)17(24)21-11-10-16(23)22-12-13-4-2-1-3-5-13/h1-9,18H,10-12H2,(H,21,24)(H,22,23). The summed E-state index contributed by atoms with van der Waals surface area (Å²) in [5.74, 6) is -4.30. The summed E-state index contributed by atoms with van der Waals surface area (Å²) in [6.45, 7) is 0.463. The number of rotatable bonds is 8. The van der Waals surface area contributed by atoms with E-state index in [9.17, 15) is 26.8 Å². The Hall–Kier alpha value is -2.81. The van der Waals surface area contributed by atoms with Crippen molar-refractivity contribution in [3.8, 4) is 0 Å². The minimum absolute atomic E-state index is 0.0659. The first-order valence-electron chi connectivity index (χ1n) is 8.01. The number of sulfone groups is 1. The summed E-state index contributed by atoms with van der Waals surface area (Å²) < 4.78 is 47.6. The quantitative estimate of drug-likeness (QED) is 0.715. The van der Waals surface area contributed by atoms with Crippen LogP contribution in [0.15, 0.2) is 59.5 Å². The van der Waals surface area contributed by atoms with Gasteiger partial charge < -0.3 is 10.6 Å². The third-order valence-electron chi connectivity index (χ3n) is 3.65. The van der Waals surface area contributed by atoms with Gasteiger partial charge in [0.15, 0.2) is 0 Å². The Morgan fingerprint density at radius 3 is 2.15 bits per heavy atom. The largest absolute Gasteiger partial charge is 0.352 e. The summed E-state index contributed by atoms with van der Waals surface area (Å²) in [7, 11) is -4.69. The van der Waals surface area contributed by atoms with Crippen molar-refractivity contribution in [2.24, 2.45) is 0 Å². The molecule has 144 valence electrons. The highest BCUT2D eigenvalue weighted by molar-refractivity contribution is 7.91. The van der Waals surface area contributed by atoms with Crippen LogP contribution in [0.2, 0.25) is 0 Å². The van der Waals surface area contributed by atoms with Crippen LogP contribution in [0.4, 0.5) is 8.78 Å². The van der Waals surface area contributed by atoms with Crippen LogP contribution in [0.25, 0.3) is 0 Å². The lowest BCUT2D eigenvalue weighted by atomic mass is 10.2. The first-order valence-corrected chi connectivity index (χ1v) is 9.56. The van der Waals surface area contributed by atoms with Crippen LogP contribution in [0, 0.1) is 0 Å². The molecule has 0 aromatic heterocycles. The average molecular weight is 396 g/mol. The molecule has 0 saturated heterocycles. The molecule has 9 heteroatoms. The zero-order valence-corrected chi connectivity index (χ0v) is 15.0. The fraction of sp³-hybridized carbons (Fsp3) is 0.222. The summed E-state index contributed by atoms with van der Waals surface area (Å²) in [5, 5.41) is 5.23. The molecule has 2 N–H and O–H groups in total. The maximum Gasteiger partial charge on any atom is 0.341 e. The number of hydrogen-bond donors (Lipinski definition) is 2. The number of halogens is 2.